The summed E-state index contributed by atoms with van der Waals surface area (Å²) >= 11 is 0. The number of methoxy groups -OCH3 is 2. The van der Waals surface area contributed by atoms with Gasteiger partial charge < -0.3 is 14.2 Å². The molecule has 0 aliphatic carbocycles. The Hall–Kier alpha value is -2.52. The summed E-state index contributed by atoms with van der Waals surface area (Å²) in [5.74, 6) is 1.62. The van der Waals surface area contributed by atoms with E-state index < -0.39 is 0 Å². The molecule has 0 radical (unpaired) electrons. The van der Waals surface area contributed by atoms with Crippen LogP contribution in [0.3, 0.4) is 0 Å². The first-order chi connectivity index (χ1) is 11.2. The van der Waals surface area contributed by atoms with Gasteiger partial charge in [0.25, 0.3) is 0 Å². The first kappa shape index (κ1) is 16.8. The monoisotopic (exact) mass is 310 g/mol. The van der Waals surface area contributed by atoms with Crippen molar-refractivity contribution in [2.24, 2.45) is 0 Å². The highest BCUT2D eigenvalue weighted by Crippen LogP contribution is 2.30. The van der Waals surface area contributed by atoms with Crippen molar-refractivity contribution in [2.75, 3.05) is 14.2 Å². The molecule has 0 N–H and O–H groups in total. The maximum Gasteiger partial charge on any atom is 0.118 e. The molecular formula is C20H22O3. The zero-order valence-corrected chi connectivity index (χ0v) is 13.6. The van der Waals surface area contributed by atoms with E-state index in [1.807, 2.05) is 48.5 Å². The fraction of sp³-hybridized carbons (Fsp3) is 0.200. The summed E-state index contributed by atoms with van der Waals surface area (Å²) in [5, 5.41) is 0. The van der Waals surface area contributed by atoms with Crippen LogP contribution in [0.1, 0.15) is 23.3 Å². The third-order valence-electron chi connectivity index (χ3n) is 3.61. The lowest BCUT2D eigenvalue weighted by molar-refractivity contribution is 0.0402. The Morgan fingerprint density at radius 1 is 0.696 bits per heavy atom. The van der Waals surface area contributed by atoms with Crippen LogP contribution in [0.4, 0.5) is 0 Å². The Morgan fingerprint density at radius 2 is 1.04 bits per heavy atom. The first-order valence-corrected chi connectivity index (χ1v) is 7.40. The fourth-order valence-electron chi connectivity index (χ4n) is 2.29. The van der Waals surface area contributed by atoms with E-state index in [0.29, 0.717) is 0 Å². The molecule has 0 amide bonds. The Morgan fingerprint density at radius 3 is 1.30 bits per heavy atom. The molecule has 0 aliphatic rings. The van der Waals surface area contributed by atoms with Crippen molar-refractivity contribution < 1.29 is 14.2 Å². The van der Waals surface area contributed by atoms with Crippen LogP contribution in [0.25, 0.3) is 0 Å². The van der Waals surface area contributed by atoms with E-state index in [2.05, 4.69) is 13.2 Å². The third-order valence-corrected chi connectivity index (χ3v) is 3.61. The lowest BCUT2D eigenvalue weighted by Crippen LogP contribution is -2.07. The number of hydrogen-bond acceptors (Lipinski definition) is 3. The summed E-state index contributed by atoms with van der Waals surface area (Å²) in [4.78, 5) is 0. The van der Waals surface area contributed by atoms with Gasteiger partial charge in [-0.1, -0.05) is 36.4 Å². The second-order valence-electron chi connectivity index (χ2n) is 5.00. The molecule has 0 saturated heterocycles. The number of benzene rings is 2. The van der Waals surface area contributed by atoms with Crippen LogP contribution >= 0.6 is 0 Å². The molecule has 2 atom stereocenters. The average Bonchev–Trinajstić information content (AvgIpc) is 2.63. The summed E-state index contributed by atoms with van der Waals surface area (Å²) < 4.78 is 16.5. The fourth-order valence-corrected chi connectivity index (χ4v) is 2.29. The predicted molar refractivity (Wildman–Crippen MR) is 92.9 cm³/mol. The van der Waals surface area contributed by atoms with Crippen LogP contribution < -0.4 is 9.47 Å². The summed E-state index contributed by atoms with van der Waals surface area (Å²) in [5.41, 5.74) is 2.03. The minimum absolute atomic E-state index is 0.231. The van der Waals surface area contributed by atoms with E-state index in [1.165, 1.54) is 0 Å². The Labute approximate surface area is 137 Å². The summed E-state index contributed by atoms with van der Waals surface area (Å²) in [6.07, 6.45) is 3.10. The van der Waals surface area contributed by atoms with Crippen LogP contribution in [-0.4, -0.2) is 14.2 Å². The highest BCUT2D eigenvalue weighted by atomic mass is 16.5. The van der Waals surface area contributed by atoms with E-state index in [1.54, 1.807) is 26.4 Å². The molecule has 0 saturated carbocycles. The van der Waals surface area contributed by atoms with Gasteiger partial charge in [0.1, 0.15) is 23.7 Å². The predicted octanol–water partition coefficient (Wildman–Crippen LogP) is 4.87. The molecule has 0 aromatic heterocycles. The quantitative estimate of drug-likeness (QED) is 0.651. The highest BCUT2D eigenvalue weighted by molar-refractivity contribution is 5.32. The zero-order chi connectivity index (χ0) is 16.7. The van der Waals surface area contributed by atoms with Crippen molar-refractivity contribution >= 4 is 0 Å². The van der Waals surface area contributed by atoms with Crippen molar-refractivity contribution in [1.82, 2.24) is 0 Å². The third kappa shape index (κ3) is 4.24. The Bertz CT molecular complexity index is 571. The van der Waals surface area contributed by atoms with E-state index in [4.69, 9.17) is 14.2 Å². The molecule has 0 bridgehead atoms. The molecule has 0 spiro atoms. The zero-order valence-electron chi connectivity index (χ0n) is 13.6. The van der Waals surface area contributed by atoms with Gasteiger partial charge in [-0.3, -0.25) is 0 Å². The maximum atomic E-state index is 6.15. The van der Waals surface area contributed by atoms with E-state index in [9.17, 15) is 0 Å². The number of rotatable bonds is 8. The summed E-state index contributed by atoms with van der Waals surface area (Å²) in [6.45, 7) is 7.76. The topological polar surface area (TPSA) is 27.7 Å². The van der Waals surface area contributed by atoms with Crippen molar-refractivity contribution in [2.45, 2.75) is 12.2 Å². The molecule has 23 heavy (non-hydrogen) atoms. The van der Waals surface area contributed by atoms with Gasteiger partial charge in [0, 0.05) is 0 Å². The Balaban J connectivity index is 2.16. The molecule has 0 aliphatic heterocycles. The molecule has 2 rings (SSSR count). The lowest BCUT2D eigenvalue weighted by Gasteiger charge is -2.21. The minimum atomic E-state index is -0.231. The van der Waals surface area contributed by atoms with E-state index >= 15 is 0 Å². The minimum Gasteiger partial charge on any atom is -0.497 e. The van der Waals surface area contributed by atoms with Crippen LogP contribution in [0, 0.1) is 0 Å². The van der Waals surface area contributed by atoms with Gasteiger partial charge in [-0.25, -0.2) is 0 Å². The average molecular weight is 310 g/mol. The van der Waals surface area contributed by atoms with Gasteiger partial charge >= 0.3 is 0 Å². The molecular weight excluding hydrogens is 288 g/mol. The summed E-state index contributed by atoms with van der Waals surface area (Å²) in [7, 11) is 3.29. The van der Waals surface area contributed by atoms with Crippen LogP contribution in [0.5, 0.6) is 11.5 Å². The highest BCUT2D eigenvalue weighted by Gasteiger charge is 2.15. The van der Waals surface area contributed by atoms with Gasteiger partial charge in [-0.2, -0.15) is 0 Å². The van der Waals surface area contributed by atoms with E-state index in [-0.39, 0.29) is 12.2 Å². The Kier molecular flexibility index (Phi) is 6.01. The normalized spacial score (nSPS) is 13.0. The molecule has 3 nitrogen and oxygen atoms in total. The van der Waals surface area contributed by atoms with Gasteiger partial charge in [-0.15, -0.1) is 13.2 Å². The van der Waals surface area contributed by atoms with Crippen molar-refractivity contribution in [3.05, 3.63) is 85.0 Å². The van der Waals surface area contributed by atoms with Crippen molar-refractivity contribution in [3.8, 4) is 11.5 Å². The lowest BCUT2D eigenvalue weighted by atomic mass is 10.1. The van der Waals surface area contributed by atoms with Crippen molar-refractivity contribution in [1.29, 1.82) is 0 Å². The van der Waals surface area contributed by atoms with Crippen LogP contribution in [0.15, 0.2) is 73.8 Å². The van der Waals surface area contributed by atoms with Gasteiger partial charge in [0.2, 0.25) is 0 Å². The number of ether oxygens (including phenoxy) is 3. The molecule has 0 fully saturated rings. The standard InChI is InChI=1S/C20H22O3/c1-5-19(15-7-11-17(21-3)12-8-15)23-20(6-2)16-9-13-18(22-4)14-10-16/h5-14,19-20H,1-2H2,3-4H3. The summed E-state index contributed by atoms with van der Waals surface area (Å²) in [6, 6.07) is 15.5. The smallest absolute Gasteiger partial charge is 0.118 e. The largest absolute Gasteiger partial charge is 0.497 e. The van der Waals surface area contributed by atoms with Gasteiger partial charge in [0.05, 0.1) is 14.2 Å². The van der Waals surface area contributed by atoms with Crippen LogP contribution in [-0.2, 0) is 4.74 Å². The maximum absolute atomic E-state index is 6.15. The molecule has 120 valence electrons. The van der Waals surface area contributed by atoms with E-state index in [0.717, 1.165) is 22.6 Å². The van der Waals surface area contributed by atoms with Gasteiger partial charge in [0.15, 0.2) is 0 Å². The molecule has 2 aromatic carbocycles. The number of hydrogen-bond donors (Lipinski definition) is 0. The second kappa shape index (κ2) is 8.20. The molecule has 3 heteroatoms. The first-order valence-electron chi connectivity index (χ1n) is 7.40. The second-order valence-corrected chi connectivity index (χ2v) is 5.00. The SMILES string of the molecule is C=CC(OC(C=C)c1ccc(OC)cc1)c1ccc(OC)cc1. The molecule has 2 aromatic rings. The van der Waals surface area contributed by atoms with Crippen LogP contribution in [0.2, 0.25) is 0 Å². The molecule has 2 unspecified atom stereocenters. The molecule has 0 heterocycles. The van der Waals surface area contributed by atoms with Crippen molar-refractivity contribution in [3.63, 3.8) is 0 Å². The van der Waals surface area contributed by atoms with Gasteiger partial charge in [-0.05, 0) is 35.4 Å².